The molecule has 0 heterocycles. The minimum absolute atomic E-state index is 0.792. The van der Waals surface area contributed by atoms with Crippen molar-refractivity contribution in [2.24, 2.45) is 5.92 Å². The largest absolute Gasteiger partial charge is 0.400 e. The smallest absolute Gasteiger partial charge is 0.324 e. The molecule has 0 bridgehead atoms. The molecule has 0 aliphatic heterocycles. The zero-order valence-corrected chi connectivity index (χ0v) is 7.41. The van der Waals surface area contributed by atoms with Gasteiger partial charge in [0.1, 0.15) is 0 Å². The topological polar surface area (TPSA) is 18.5 Å². The highest BCUT2D eigenvalue weighted by molar-refractivity contribution is 6.47. The standard InChI is InChI=1S/C6H14O2Si/c1-5-4-6(5)9(7-2)8-3/h5-6,9H,4H2,1-3H3. The molecule has 0 aromatic heterocycles. The molecule has 9 heavy (non-hydrogen) atoms. The van der Waals surface area contributed by atoms with Crippen LogP contribution in [0.5, 0.6) is 0 Å². The van der Waals surface area contributed by atoms with E-state index in [9.17, 15) is 0 Å². The quantitative estimate of drug-likeness (QED) is 0.551. The summed E-state index contributed by atoms with van der Waals surface area (Å²) in [7, 11) is 2.30. The first kappa shape index (κ1) is 7.25. The molecule has 2 unspecified atom stereocenters. The molecule has 54 valence electrons. The van der Waals surface area contributed by atoms with E-state index < -0.39 is 9.28 Å². The Morgan fingerprint density at radius 1 is 1.33 bits per heavy atom. The van der Waals surface area contributed by atoms with Gasteiger partial charge >= 0.3 is 9.28 Å². The molecule has 0 aromatic rings. The third-order valence-electron chi connectivity index (χ3n) is 1.99. The van der Waals surface area contributed by atoms with Gasteiger partial charge in [0.25, 0.3) is 0 Å². The van der Waals surface area contributed by atoms with Crippen molar-refractivity contribution in [1.29, 1.82) is 0 Å². The van der Waals surface area contributed by atoms with Gasteiger partial charge in [0.05, 0.1) is 0 Å². The predicted molar refractivity (Wildman–Crippen MR) is 38.7 cm³/mol. The van der Waals surface area contributed by atoms with Crippen molar-refractivity contribution in [3.8, 4) is 0 Å². The first-order valence-electron chi connectivity index (χ1n) is 3.35. The van der Waals surface area contributed by atoms with Crippen molar-refractivity contribution < 1.29 is 8.85 Å². The van der Waals surface area contributed by atoms with Gasteiger partial charge in [-0.2, -0.15) is 0 Å². The maximum absolute atomic E-state index is 5.21. The Kier molecular flexibility index (Phi) is 2.27. The van der Waals surface area contributed by atoms with E-state index in [1.54, 1.807) is 14.2 Å². The van der Waals surface area contributed by atoms with E-state index in [4.69, 9.17) is 8.85 Å². The summed E-state index contributed by atoms with van der Waals surface area (Å²) in [4.78, 5) is 0. The van der Waals surface area contributed by atoms with Crippen LogP contribution >= 0.6 is 0 Å². The summed E-state index contributed by atoms with van der Waals surface area (Å²) in [5, 5.41) is 0. The Hall–Kier alpha value is 0.137. The Labute approximate surface area is 58.0 Å². The van der Waals surface area contributed by atoms with E-state index in [1.807, 2.05) is 0 Å². The molecule has 0 spiro atoms. The monoisotopic (exact) mass is 146 g/mol. The molecule has 2 nitrogen and oxygen atoms in total. The van der Waals surface area contributed by atoms with Crippen molar-refractivity contribution in [2.75, 3.05) is 14.2 Å². The van der Waals surface area contributed by atoms with Crippen molar-refractivity contribution in [1.82, 2.24) is 0 Å². The highest BCUT2D eigenvalue weighted by Crippen LogP contribution is 2.46. The van der Waals surface area contributed by atoms with Crippen LogP contribution in [-0.2, 0) is 8.85 Å². The summed E-state index contributed by atoms with van der Waals surface area (Å²) in [5.41, 5.74) is 0.792. The first-order valence-corrected chi connectivity index (χ1v) is 4.96. The number of hydrogen-bond acceptors (Lipinski definition) is 2. The molecule has 2 atom stereocenters. The van der Waals surface area contributed by atoms with Crippen molar-refractivity contribution >= 4 is 9.28 Å². The lowest BCUT2D eigenvalue weighted by molar-refractivity contribution is 0.274. The molecule has 0 saturated heterocycles. The Morgan fingerprint density at radius 2 is 1.78 bits per heavy atom. The van der Waals surface area contributed by atoms with Crippen LogP contribution in [0.1, 0.15) is 13.3 Å². The third kappa shape index (κ3) is 1.53. The molecular formula is C6H14O2Si. The maximum atomic E-state index is 5.21. The van der Waals surface area contributed by atoms with E-state index >= 15 is 0 Å². The molecular weight excluding hydrogens is 132 g/mol. The molecule has 1 aliphatic rings. The van der Waals surface area contributed by atoms with Crippen LogP contribution in [0.3, 0.4) is 0 Å². The van der Waals surface area contributed by atoms with E-state index in [0.717, 1.165) is 11.5 Å². The van der Waals surface area contributed by atoms with Gasteiger partial charge in [0.2, 0.25) is 0 Å². The van der Waals surface area contributed by atoms with Gasteiger partial charge in [0, 0.05) is 19.8 Å². The minimum atomic E-state index is -1.21. The van der Waals surface area contributed by atoms with Gasteiger partial charge in [-0.1, -0.05) is 6.92 Å². The van der Waals surface area contributed by atoms with Crippen LogP contribution < -0.4 is 0 Å². The Balaban J connectivity index is 2.23. The zero-order valence-electron chi connectivity index (χ0n) is 6.26. The van der Waals surface area contributed by atoms with Crippen molar-refractivity contribution in [3.63, 3.8) is 0 Å². The van der Waals surface area contributed by atoms with E-state index in [2.05, 4.69) is 6.92 Å². The molecule has 1 aliphatic carbocycles. The lowest BCUT2D eigenvalue weighted by atomic mass is 10.5. The fourth-order valence-corrected chi connectivity index (χ4v) is 3.26. The van der Waals surface area contributed by atoms with Gasteiger partial charge in [-0.25, -0.2) is 0 Å². The fourth-order valence-electron chi connectivity index (χ4n) is 1.18. The normalized spacial score (nSPS) is 33.3. The summed E-state index contributed by atoms with van der Waals surface area (Å²) in [6.07, 6.45) is 1.32. The van der Waals surface area contributed by atoms with Crippen LogP contribution in [0, 0.1) is 5.92 Å². The summed E-state index contributed by atoms with van der Waals surface area (Å²) in [6, 6.07) is 0. The molecule has 3 heteroatoms. The summed E-state index contributed by atoms with van der Waals surface area (Å²) in [6.45, 7) is 2.25. The second-order valence-corrected chi connectivity index (χ2v) is 5.25. The minimum Gasteiger partial charge on any atom is -0.400 e. The van der Waals surface area contributed by atoms with Gasteiger partial charge in [-0.15, -0.1) is 0 Å². The van der Waals surface area contributed by atoms with Gasteiger partial charge in [-0.05, 0) is 12.3 Å². The van der Waals surface area contributed by atoms with E-state index in [-0.39, 0.29) is 0 Å². The highest BCUT2D eigenvalue weighted by Gasteiger charge is 2.42. The lowest BCUT2D eigenvalue weighted by Gasteiger charge is -2.08. The molecule has 1 fully saturated rings. The van der Waals surface area contributed by atoms with E-state index in [1.165, 1.54) is 6.42 Å². The second-order valence-electron chi connectivity index (χ2n) is 2.72. The van der Waals surface area contributed by atoms with Crippen LogP contribution in [-0.4, -0.2) is 23.5 Å². The number of hydrogen-bond donors (Lipinski definition) is 0. The zero-order chi connectivity index (χ0) is 6.85. The molecule has 0 radical (unpaired) electrons. The highest BCUT2D eigenvalue weighted by atomic mass is 28.3. The Morgan fingerprint density at radius 3 is 1.89 bits per heavy atom. The SMILES string of the molecule is CO[SiH](OC)C1CC1C. The van der Waals surface area contributed by atoms with Crippen molar-refractivity contribution in [2.45, 2.75) is 18.9 Å². The first-order chi connectivity index (χ1) is 4.29. The molecule has 1 rings (SSSR count). The molecule has 1 saturated carbocycles. The van der Waals surface area contributed by atoms with Crippen LogP contribution in [0.2, 0.25) is 5.54 Å². The second kappa shape index (κ2) is 2.81. The number of rotatable bonds is 3. The third-order valence-corrected chi connectivity index (χ3v) is 4.54. The van der Waals surface area contributed by atoms with E-state index in [0.29, 0.717) is 0 Å². The average Bonchev–Trinajstić information content (AvgIpc) is 2.51. The predicted octanol–water partition coefficient (Wildman–Crippen LogP) is 0.910. The fraction of sp³-hybridized carbons (Fsp3) is 1.00. The molecule has 0 amide bonds. The summed E-state index contributed by atoms with van der Waals surface area (Å²) >= 11 is 0. The maximum Gasteiger partial charge on any atom is 0.324 e. The average molecular weight is 146 g/mol. The molecule has 0 N–H and O–H groups in total. The van der Waals surface area contributed by atoms with Gasteiger partial charge < -0.3 is 8.85 Å². The summed E-state index contributed by atoms with van der Waals surface area (Å²) < 4.78 is 10.4. The van der Waals surface area contributed by atoms with Crippen LogP contribution in [0.25, 0.3) is 0 Å². The van der Waals surface area contributed by atoms with Crippen LogP contribution in [0.15, 0.2) is 0 Å². The Bertz CT molecular complexity index is 93.1. The van der Waals surface area contributed by atoms with Gasteiger partial charge in [-0.3, -0.25) is 0 Å². The van der Waals surface area contributed by atoms with Crippen LogP contribution in [0.4, 0.5) is 0 Å². The van der Waals surface area contributed by atoms with Gasteiger partial charge in [0.15, 0.2) is 0 Å². The molecule has 0 aromatic carbocycles. The lowest BCUT2D eigenvalue weighted by Crippen LogP contribution is -2.19. The van der Waals surface area contributed by atoms with Crippen molar-refractivity contribution in [3.05, 3.63) is 0 Å². The summed E-state index contributed by atoms with van der Waals surface area (Å²) in [5.74, 6) is 0.863.